The number of morpholine rings is 1. The van der Waals surface area contributed by atoms with E-state index in [1.54, 1.807) is 0 Å². The summed E-state index contributed by atoms with van der Waals surface area (Å²) < 4.78 is 45.4. The molecule has 1 unspecified atom stereocenters. The summed E-state index contributed by atoms with van der Waals surface area (Å²) in [5.41, 5.74) is 0.299. The molecule has 1 atom stereocenters. The van der Waals surface area contributed by atoms with Crippen LogP contribution in [0.25, 0.3) is 0 Å². The first-order valence-electron chi connectivity index (χ1n) is 6.71. The van der Waals surface area contributed by atoms with Crippen LogP contribution in [0.3, 0.4) is 0 Å². The van der Waals surface area contributed by atoms with Gasteiger partial charge < -0.3 is 19.5 Å². The van der Waals surface area contributed by atoms with E-state index in [-0.39, 0.29) is 26.2 Å². The number of amides is 1. The van der Waals surface area contributed by atoms with Crippen LogP contribution in [0.5, 0.6) is 5.75 Å². The molecule has 1 saturated heterocycles. The molecule has 1 heterocycles. The Kier molecular flexibility index (Phi) is 5.09. The second-order valence-electron chi connectivity index (χ2n) is 4.89. The van der Waals surface area contributed by atoms with Crippen molar-refractivity contribution >= 4 is 11.9 Å². The zero-order valence-corrected chi connectivity index (χ0v) is 11.9. The number of halogens is 3. The number of alkyl halides is 3. The van der Waals surface area contributed by atoms with E-state index >= 15 is 0 Å². The average molecular weight is 333 g/mol. The Hall–Kier alpha value is -2.29. The maximum Gasteiger partial charge on any atom is 0.573 e. The molecule has 2 rings (SSSR count). The van der Waals surface area contributed by atoms with Crippen LogP contribution in [0.1, 0.15) is 5.56 Å². The van der Waals surface area contributed by atoms with Crippen molar-refractivity contribution in [1.29, 1.82) is 0 Å². The van der Waals surface area contributed by atoms with Gasteiger partial charge in [-0.1, -0.05) is 12.1 Å². The van der Waals surface area contributed by atoms with Gasteiger partial charge in [-0.25, -0.2) is 4.79 Å². The highest BCUT2D eigenvalue weighted by molar-refractivity contribution is 5.85. The second-order valence-corrected chi connectivity index (χ2v) is 4.89. The van der Waals surface area contributed by atoms with E-state index in [1.807, 2.05) is 0 Å². The van der Waals surface area contributed by atoms with Crippen molar-refractivity contribution in [2.24, 2.45) is 0 Å². The summed E-state index contributed by atoms with van der Waals surface area (Å²) in [6.07, 6.45) is -5.04. The van der Waals surface area contributed by atoms with E-state index in [2.05, 4.69) is 4.74 Å². The van der Waals surface area contributed by atoms with Gasteiger partial charge in [-0.2, -0.15) is 0 Å². The summed E-state index contributed by atoms with van der Waals surface area (Å²) in [7, 11) is 0. The lowest BCUT2D eigenvalue weighted by atomic mass is 10.1. The summed E-state index contributed by atoms with van der Waals surface area (Å²) >= 11 is 0. The molecule has 0 bridgehead atoms. The van der Waals surface area contributed by atoms with Crippen molar-refractivity contribution in [1.82, 2.24) is 4.90 Å². The molecular weight excluding hydrogens is 319 g/mol. The van der Waals surface area contributed by atoms with Gasteiger partial charge >= 0.3 is 12.3 Å². The van der Waals surface area contributed by atoms with Crippen molar-refractivity contribution in [2.75, 3.05) is 19.8 Å². The Morgan fingerprint density at radius 1 is 1.39 bits per heavy atom. The quantitative estimate of drug-likeness (QED) is 0.902. The predicted octanol–water partition coefficient (Wildman–Crippen LogP) is 1.44. The molecule has 126 valence electrons. The van der Waals surface area contributed by atoms with Gasteiger partial charge in [0.15, 0.2) is 6.04 Å². The normalized spacial score (nSPS) is 18.6. The van der Waals surface area contributed by atoms with Crippen molar-refractivity contribution in [2.45, 2.75) is 18.8 Å². The number of carboxylic acid groups (broad SMARTS) is 1. The first kappa shape index (κ1) is 17.1. The number of carbonyl (C=O) groups excluding carboxylic acids is 1. The molecule has 1 aromatic rings. The van der Waals surface area contributed by atoms with Gasteiger partial charge in [0.05, 0.1) is 19.6 Å². The Balaban J connectivity index is 2.07. The van der Waals surface area contributed by atoms with Gasteiger partial charge in [0.1, 0.15) is 5.75 Å². The zero-order valence-electron chi connectivity index (χ0n) is 11.9. The van der Waals surface area contributed by atoms with Crippen LogP contribution in [0.15, 0.2) is 24.3 Å². The van der Waals surface area contributed by atoms with Crippen LogP contribution >= 0.6 is 0 Å². The maximum absolute atomic E-state index is 12.2. The summed E-state index contributed by atoms with van der Waals surface area (Å²) in [4.78, 5) is 24.5. The third kappa shape index (κ3) is 4.85. The molecule has 1 aliphatic heterocycles. The van der Waals surface area contributed by atoms with Crippen LogP contribution in [-0.2, 0) is 20.7 Å². The fourth-order valence-electron chi connectivity index (χ4n) is 2.24. The molecule has 0 aliphatic carbocycles. The predicted molar refractivity (Wildman–Crippen MR) is 70.8 cm³/mol. The summed E-state index contributed by atoms with van der Waals surface area (Å²) in [6.45, 7) is 0.222. The Morgan fingerprint density at radius 2 is 2.13 bits per heavy atom. The highest BCUT2D eigenvalue weighted by Gasteiger charge is 2.33. The Bertz CT molecular complexity index is 590. The number of rotatable bonds is 4. The number of hydrogen-bond acceptors (Lipinski definition) is 4. The standard InChI is InChI=1S/C14H14F3NO5/c15-14(16,17)23-10-3-1-2-9(6-10)7-12(19)18-4-5-22-8-11(18)13(20)21/h1-3,6,11H,4-5,7-8H2,(H,20,21). The van der Waals surface area contributed by atoms with Gasteiger partial charge in [-0.05, 0) is 17.7 Å². The minimum absolute atomic E-state index is 0.113. The van der Waals surface area contributed by atoms with Gasteiger partial charge in [0.25, 0.3) is 0 Å². The lowest BCUT2D eigenvalue weighted by Crippen LogP contribution is -2.53. The minimum atomic E-state index is -4.82. The summed E-state index contributed by atoms with van der Waals surface area (Å²) in [5.74, 6) is -2.11. The molecule has 1 aliphatic rings. The second kappa shape index (κ2) is 6.86. The zero-order chi connectivity index (χ0) is 17.0. The SMILES string of the molecule is O=C(O)C1COCCN1C(=O)Cc1cccc(OC(F)(F)F)c1. The Labute approximate surface area is 129 Å². The van der Waals surface area contributed by atoms with Crippen LogP contribution in [0.2, 0.25) is 0 Å². The van der Waals surface area contributed by atoms with Crippen LogP contribution in [0, 0.1) is 0 Å². The molecule has 0 saturated carbocycles. The smallest absolute Gasteiger partial charge is 0.480 e. The highest BCUT2D eigenvalue weighted by Crippen LogP contribution is 2.23. The van der Waals surface area contributed by atoms with Crippen molar-refractivity contribution in [3.05, 3.63) is 29.8 Å². The van der Waals surface area contributed by atoms with E-state index in [4.69, 9.17) is 9.84 Å². The van der Waals surface area contributed by atoms with E-state index < -0.39 is 30.0 Å². The van der Waals surface area contributed by atoms with Gasteiger partial charge in [-0.15, -0.1) is 13.2 Å². The van der Waals surface area contributed by atoms with Gasteiger partial charge in [-0.3, -0.25) is 4.79 Å². The first-order chi connectivity index (χ1) is 10.8. The third-order valence-electron chi connectivity index (χ3n) is 3.22. The number of carboxylic acids is 1. The van der Waals surface area contributed by atoms with E-state index in [1.165, 1.54) is 12.1 Å². The molecule has 23 heavy (non-hydrogen) atoms. The van der Waals surface area contributed by atoms with E-state index in [9.17, 15) is 22.8 Å². The van der Waals surface area contributed by atoms with Crippen LogP contribution in [-0.4, -0.2) is 54.0 Å². The topological polar surface area (TPSA) is 76.1 Å². The van der Waals surface area contributed by atoms with Gasteiger partial charge in [0.2, 0.25) is 5.91 Å². The first-order valence-corrected chi connectivity index (χ1v) is 6.71. The monoisotopic (exact) mass is 333 g/mol. The number of benzene rings is 1. The molecule has 0 radical (unpaired) electrons. The molecule has 0 aromatic heterocycles. The Morgan fingerprint density at radius 3 is 2.78 bits per heavy atom. The molecule has 6 nitrogen and oxygen atoms in total. The molecule has 1 amide bonds. The summed E-state index contributed by atoms with van der Waals surface area (Å²) in [5, 5.41) is 9.08. The summed E-state index contributed by atoms with van der Waals surface area (Å²) in [6, 6.07) is 3.93. The van der Waals surface area contributed by atoms with E-state index in [0.29, 0.717) is 5.56 Å². The molecule has 1 fully saturated rings. The lowest BCUT2D eigenvalue weighted by molar-refractivity contribution is -0.274. The number of hydrogen-bond donors (Lipinski definition) is 1. The van der Waals surface area contributed by atoms with Crippen molar-refractivity contribution < 1.29 is 37.3 Å². The molecule has 1 aromatic carbocycles. The van der Waals surface area contributed by atoms with Crippen molar-refractivity contribution in [3.63, 3.8) is 0 Å². The van der Waals surface area contributed by atoms with Crippen LogP contribution in [0.4, 0.5) is 13.2 Å². The van der Waals surface area contributed by atoms with Crippen molar-refractivity contribution in [3.8, 4) is 5.75 Å². The van der Waals surface area contributed by atoms with Crippen LogP contribution < -0.4 is 4.74 Å². The fourth-order valence-corrected chi connectivity index (χ4v) is 2.24. The minimum Gasteiger partial charge on any atom is -0.480 e. The largest absolute Gasteiger partial charge is 0.573 e. The number of carbonyl (C=O) groups is 2. The molecule has 0 spiro atoms. The average Bonchev–Trinajstić information content (AvgIpc) is 2.45. The molecule has 9 heteroatoms. The van der Waals surface area contributed by atoms with Gasteiger partial charge in [0, 0.05) is 6.54 Å². The van der Waals surface area contributed by atoms with E-state index in [0.717, 1.165) is 17.0 Å². The third-order valence-corrected chi connectivity index (χ3v) is 3.22. The molecular formula is C14H14F3NO5. The lowest BCUT2D eigenvalue weighted by Gasteiger charge is -2.33. The fraction of sp³-hybridized carbons (Fsp3) is 0.429. The number of ether oxygens (including phenoxy) is 2. The number of nitrogens with zero attached hydrogens (tertiary/aromatic N) is 1. The molecule has 1 N–H and O–H groups in total. The highest BCUT2D eigenvalue weighted by atomic mass is 19.4. The number of aliphatic carboxylic acids is 1. The maximum atomic E-state index is 12.2.